The number of alkyl halides is 1. The van der Waals surface area contributed by atoms with E-state index < -0.39 is 8.25 Å². The van der Waals surface area contributed by atoms with Crippen LogP contribution in [0.25, 0.3) is 0 Å². The van der Waals surface area contributed by atoms with E-state index in [0.717, 1.165) is 11.1 Å². The standard InChI is InChI=1S/C14H14O3P.CH3Cl/c1-11-3-7-13(8-4-11)16-18(15)17-14-9-5-12(2)6-10-14;1-2/h3-10H,1-2H3;1H3/q+1;. The summed E-state index contributed by atoms with van der Waals surface area (Å²) < 4.78 is 22.0. The summed E-state index contributed by atoms with van der Waals surface area (Å²) in [6.45, 7) is 3.96. The van der Waals surface area contributed by atoms with Gasteiger partial charge in [-0.05, 0) is 38.1 Å². The molecule has 0 aliphatic rings. The Kier molecular flexibility index (Phi) is 7.06. The quantitative estimate of drug-likeness (QED) is 0.569. The van der Waals surface area contributed by atoms with Gasteiger partial charge in [-0.15, -0.1) is 11.6 Å². The van der Waals surface area contributed by atoms with Crippen LogP contribution < -0.4 is 9.05 Å². The van der Waals surface area contributed by atoms with E-state index in [1.54, 1.807) is 24.3 Å². The molecule has 0 fully saturated rings. The summed E-state index contributed by atoms with van der Waals surface area (Å²) in [6.07, 6.45) is 1.47. The van der Waals surface area contributed by atoms with E-state index in [4.69, 9.17) is 9.05 Å². The largest absolute Gasteiger partial charge is 0.805 e. The van der Waals surface area contributed by atoms with Gasteiger partial charge in [-0.3, -0.25) is 0 Å². The highest BCUT2D eigenvalue weighted by Crippen LogP contribution is 2.30. The van der Waals surface area contributed by atoms with Gasteiger partial charge in [0.1, 0.15) is 0 Å². The van der Waals surface area contributed by atoms with Crippen molar-refractivity contribution in [1.82, 2.24) is 0 Å². The highest BCUT2D eigenvalue weighted by molar-refractivity contribution is 7.34. The Morgan fingerprint density at radius 3 is 1.35 bits per heavy atom. The summed E-state index contributed by atoms with van der Waals surface area (Å²) in [5, 5.41) is 0. The molecule has 0 amide bonds. The average Bonchev–Trinajstić information content (AvgIpc) is 2.46. The average molecular weight is 312 g/mol. The first-order chi connectivity index (χ1) is 9.63. The van der Waals surface area contributed by atoms with E-state index in [2.05, 4.69) is 11.6 Å². The third kappa shape index (κ3) is 5.60. The van der Waals surface area contributed by atoms with Crippen molar-refractivity contribution in [1.29, 1.82) is 0 Å². The predicted molar refractivity (Wildman–Crippen MR) is 83.0 cm³/mol. The third-order valence-electron chi connectivity index (χ3n) is 2.40. The van der Waals surface area contributed by atoms with Gasteiger partial charge in [0.15, 0.2) is 11.5 Å². The second-order valence-corrected chi connectivity index (χ2v) is 4.84. The Labute approximate surface area is 125 Å². The summed E-state index contributed by atoms with van der Waals surface area (Å²) in [5.74, 6) is 1.07. The lowest BCUT2D eigenvalue weighted by Gasteiger charge is -1.96. The van der Waals surface area contributed by atoms with Gasteiger partial charge in [0.2, 0.25) is 0 Å². The molecule has 3 nitrogen and oxygen atoms in total. The van der Waals surface area contributed by atoms with E-state index >= 15 is 0 Å². The molecule has 2 aromatic carbocycles. The Morgan fingerprint density at radius 1 is 0.750 bits per heavy atom. The lowest BCUT2D eigenvalue weighted by molar-refractivity contribution is 0.415. The molecule has 0 spiro atoms. The van der Waals surface area contributed by atoms with Crippen LogP contribution in [0.2, 0.25) is 0 Å². The minimum absolute atomic E-state index is 0.536. The summed E-state index contributed by atoms with van der Waals surface area (Å²) in [5.41, 5.74) is 2.24. The molecule has 0 atom stereocenters. The van der Waals surface area contributed by atoms with Crippen LogP contribution in [-0.4, -0.2) is 6.38 Å². The highest BCUT2D eigenvalue weighted by Gasteiger charge is 2.23. The number of hydrogen-bond donors (Lipinski definition) is 0. The Hall–Kier alpha value is -1.57. The van der Waals surface area contributed by atoms with Crippen LogP contribution in [0, 0.1) is 13.8 Å². The Morgan fingerprint density at radius 2 is 1.05 bits per heavy atom. The summed E-state index contributed by atoms with van der Waals surface area (Å²) >= 11 is 4.64. The molecular weight excluding hydrogens is 295 g/mol. The van der Waals surface area contributed by atoms with E-state index in [9.17, 15) is 4.57 Å². The molecule has 5 heteroatoms. The fourth-order valence-electron chi connectivity index (χ4n) is 1.39. The maximum atomic E-state index is 11.7. The van der Waals surface area contributed by atoms with Crippen LogP contribution in [0.4, 0.5) is 0 Å². The van der Waals surface area contributed by atoms with Crippen LogP contribution >= 0.6 is 19.9 Å². The maximum absolute atomic E-state index is 11.7. The number of rotatable bonds is 4. The fraction of sp³-hybridized carbons (Fsp3) is 0.200. The lowest BCUT2D eigenvalue weighted by atomic mass is 10.2. The molecule has 0 radical (unpaired) electrons. The van der Waals surface area contributed by atoms with Gasteiger partial charge in [0.25, 0.3) is 0 Å². The number of hydrogen-bond acceptors (Lipinski definition) is 3. The second-order valence-electron chi connectivity index (χ2n) is 4.03. The molecule has 0 unspecified atom stereocenters. The number of halogens is 1. The van der Waals surface area contributed by atoms with E-state index in [0.29, 0.717) is 11.5 Å². The van der Waals surface area contributed by atoms with Gasteiger partial charge in [-0.25, -0.2) is 9.05 Å². The van der Waals surface area contributed by atoms with Gasteiger partial charge in [-0.2, -0.15) is 0 Å². The van der Waals surface area contributed by atoms with Gasteiger partial charge >= 0.3 is 8.25 Å². The molecule has 0 saturated carbocycles. The zero-order chi connectivity index (χ0) is 15.0. The molecule has 0 heterocycles. The zero-order valence-corrected chi connectivity index (χ0v) is 13.3. The normalized spacial score (nSPS) is 9.20. The topological polar surface area (TPSA) is 35.5 Å². The highest BCUT2D eigenvalue weighted by atomic mass is 35.5. The molecule has 20 heavy (non-hydrogen) atoms. The van der Waals surface area contributed by atoms with Gasteiger partial charge < -0.3 is 0 Å². The first-order valence-corrected chi connectivity index (χ1v) is 7.83. The first kappa shape index (κ1) is 16.5. The van der Waals surface area contributed by atoms with Crippen molar-refractivity contribution in [3.63, 3.8) is 0 Å². The molecule has 0 aromatic heterocycles. The molecule has 0 saturated heterocycles. The van der Waals surface area contributed by atoms with Gasteiger partial charge in [-0.1, -0.05) is 35.4 Å². The van der Waals surface area contributed by atoms with Crippen molar-refractivity contribution in [2.75, 3.05) is 6.38 Å². The van der Waals surface area contributed by atoms with Crippen LogP contribution in [0.1, 0.15) is 11.1 Å². The molecule has 0 N–H and O–H groups in total. The van der Waals surface area contributed by atoms with Crippen LogP contribution in [0.5, 0.6) is 11.5 Å². The molecule has 0 bridgehead atoms. The summed E-state index contributed by atoms with van der Waals surface area (Å²) in [6, 6.07) is 14.6. The van der Waals surface area contributed by atoms with Crippen LogP contribution in [0.15, 0.2) is 48.5 Å². The van der Waals surface area contributed by atoms with E-state index in [1.165, 1.54) is 6.38 Å². The van der Waals surface area contributed by atoms with E-state index in [1.807, 2.05) is 38.1 Å². The van der Waals surface area contributed by atoms with Crippen molar-refractivity contribution in [3.05, 3.63) is 59.7 Å². The molecule has 106 valence electrons. The Balaban J connectivity index is 0.000000956. The van der Waals surface area contributed by atoms with Crippen LogP contribution in [0.3, 0.4) is 0 Å². The van der Waals surface area contributed by atoms with Gasteiger partial charge in [0.05, 0.1) is 0 Å². The minimum atomic E-state index is -2.20. The van der Waals surface area contributed by atoms with Crippen molar-refractivity contribution in [2.45, 2.75) is 13.8 Å². The summed E-state index contributed by atoms with van der Waals surface area (Å²) in [7, 11) is -2.20. The van der Waals surface area contributed by atoms with Gasteiger partial charge in [0, 0.05) is 10.9 Å². The van der Waals surface area contributed by atoms with Crippen molar-refractivity contribution < 1.29 is 13.6 Å². The lowest BCUT2D eigenvalue weighted by Crippen LogP contribution is -1.89. The monoisotopic (exact) mass is 311 g/mol. The first-order valence-electron chi connectivity index (χ1n) is 5.98. The smallest absolute Gasteiger partial charge is 0.222 e. The molecule has 0 aliphatic heterocycles. The van der Waals surface area contributed by atoms with Crippen molar-refractivity contribution >= 4 is 19.9 Å². The Bertz CT molecular complexity index is 489. The molecule has 0 aliphatic carbocycles. The maximum Gasteiger partial charge on any atom is 0.805 e. The van der Waals surface area contributed by atoms with E-state index in [-0.39, 0.29) is 0 Å². The number of benzene rings is 2. The van der Waals surface area contributed by atoms with Crippen molar-refractivity contribution in [3.8, 4) is 11.5 Å². The minimum Gasteiger partial charge on any atom is -0.222 e. The second kappa shape index (κ2) is 8.57. The van der Waals surface area contributed by atoms with Crippen molar-refractivity contribution in [2.24, 2.45) is 0 Å². The third-order valence-corrected chi connectivity index (χ3v) is 3.12. The SMILES string of the molecule is CCl.Cc1ccc(O[P+](=O)Oc2ccc(C)cc2)cc1. The zero-order valence-electron chi connectivity index (χ0n) is 11.7. The molecular formula is C15H17ClO3P+. The predicted octanol–water partition coefficient (Wildman–Crippen LogP) is 5.27. The fourth-order valence-corrected chi connectivity index (χ4v) is 2.01. The summed E-state index contributed by atoms with van der Waals surface area (Å²) in [4.78, 5) is 0. The number of aryl methyl sites for hydroxylation is 2. The molecule has 2 rings (SSSR count). The molecule has 2 aromatic rings. The van der Waals surface area contributed by atoms with Crippen LogP contribution in [-0.2, 0) is 4.57 Å².